The van der Waals surface area contributed by atoms with Crippen molar-refractivity contribution in [2.24, 2.45) is 0 Å². The number of nitrogens with zero attached hydrogens (tertiary/aromatic N) is 1. The number of pyridine rings is 1. The minimum Gasteiger partial charge on any atom is -0.290 e. The summed E-state index contributed by atoms with van der Waals surface area (Å²) in [5.74, 6) is 0.453. The fourth-order valence-corrected chi connectivity index (χ4v) is 1.40. The highest BCUT2D eigenvalue weighted by Gasteiger charge is 1.96. The molecule has 80 valence electrons. The van der Waals surface area contributed by atoms with Crippen LogP contribution < -0.4 is 5.48 Å². The maximum absolute atomic E-state index is 8.87. The smallest absolute Gasteiger partial charge is 0.156 e. The van der Waals surface area contributed by atoms with Gasteiger partial charge in [-0.05, 0) is 17.7 Å². The summed E-state index contributed by atoms with van der Waals surface area (Å²) in [7, 11) is 0. The molecule has 0 aliphatic heterocycles. The Morgan fingerprint density at radius 3 is 2.56 bits per heavy atom. The van der Waals surface area contributed by atoms with E-state index in [2.05, 4.69) is 10.5 Å². The molecule has 0 unspecified atom stereocenters. The van der Waals surface area contributed by atoms with E-state index >= 15 is 0 Å². The first-order valence-electron chi connectivity index (χ1n) is 4.98. The predicted octanol–water partition coefficient (Wildman–Crippen LogP) is 3.05. The Hall–Kier alpha value is -2.13. The molecule has 0 aliphatic rings. The van der Waals surface area contributed by atoms with Crippen LogP contribution in [0.25, 0.3) is 12.2 Å². The van der Waals surface area contributed by atoms with Crippen molar-refractivity contribution in [2.45, 2.75) is 0 Å². The second-order valence-electron chi connectivity index (χ2n) is 3.30. The summed E-state index contributed by atoms with van der Waals surface area (Å²) >= 11 is 0. The predicted molar refractivity (Wildman–Crippen MR) is 65.0 cm³/mol. The van der Waals surface area contributed by atoms with Crippen molar-refractivity contribution in [2.75, 3.05) is 5.48 Å². The molecule has 1 heterocycles. The number of anilines is 1. The van der Waals surface area contributed by atoms with Gasteiger partial charge in [0.2, 0.25) is 0 Å². The normalized spacial score (nSPS) is 10.6. The lowest BCUT2D eigenvalue weighted by Crippen LogP contribution is -1.94. The lowest BCUT2D eigenvalue weighted by Gasteiger charge is -2.01. The van der Waals surface area contributed by atoms with Crippen molar-refractivity contribution in [3.05, 3.63) is 59.8 Å². The SMILES string of the molecule is ONc1ncccc1/C=C/c1ccccc1. The zero-order valence-corrected chi connectivity index (χ0v) is 8.67. The third kappa shape index (κ3) is 2.46. The maximum atomic E-state index is 8.87. The van der Waals surface area contributed by atoms with Gasteiger partial charge in [-0.15, -0.1) is 0 Å². The zero-order chi connectivity index (χ0) is 11.2. The highest BCUT2D eigenvalue weighted by molar-refractivity contribution is 5.74. The van der Waals surface area contributed by atoms with Crippen LogP contribution in [0.3, 0.4) is 0 Å². The zero-order valence-electron chi connectivity index (χ0n) is 8.67. The second kappa shape index (κ2) is 5.09. The lowest BCUT2D eigenvalue weighted by molar-refractivity contribution is 0.386. The average molecular weight is 212 g/mol. The number of hydrogen-bond donors (Lipinski definition) is 2. The Labute approximate surface area is 94.0 Å². The van der Waals surface area contributed by atoms with E-state index in [0.717, 1.165) is 11.1 Å². The van der Waals surface area contributed by atoms with E-state index in [1.165, 1.54) is 0 Å². The summed E-state index contributed by atoms with van der Waals surface area (Å²) < 4.78 is 0. The Morgan fingerprint density at radius 1 is 1.00 bits per heavy atom. The first kappa shape index (κ1) is 10.4. The molecule has 2 N–H and O–H groups in total. The van der Waals surface area contributed by atoms with Crippen LogP contribution in [0.1, 0.15) is 11.1 Å². The van der Waals surface area contributed by atoms with Crippen molar-refractivity contribution in [1.29, 1.82) is 0 Å². The lowest BCUT2D eigenvalue weighted by atomic mass is 10.1. The van der Waals surface area contributed by atoms with Gasteiger partial charge in [0.25, 0.3) is 0 Å². The van der Waals surface area contributed by atoms with Gasteiger partial charge in [0.15, 0.2) is 5.82 Å². The molecule has 0 bridgehead atoms. The van der Waals surface area contributed by atoms with Crippen LogP contribution in [0.5, 0.6) is 0 Å². The van der Waals surface area contributed by atoms with Crippen molar-refractivity contribution in [3.63, 3.8) is 0 Å². The van der Waals surface area contributed by atoms with Crippen LogP contribution in [0.2, 0.25) is 0 Å². The molecule has 0 amide bonds. The molecule has 0 radical (unpaired) electrons. The van der Waals surface area contributed by atoms with E-state index in [0.29, 0.717) is 5.82 Å². The molecule has 0 saturated carbocycles. The molecule has 2 aromatic rings. The maximum Gasteiger partial charge on any atom is 0.156 e. The summed E-state index contributed by atoms with van der Waals surface area (Å²) in [6.07, 6.45) is 5.50. The Bertz CT molecular complexity index is 480. The van der Waals surface area contributed by atoms with Crippen LogP contribution in [-0.4, -0.2) is 10.2 Å². The molecule has 1 aromatic carbocycles. The van der Waals surface area contributed by atoms with Gasteiger partial charge in [-0.2, -0.15) is 0 Å². The monoisotopic (exact) mass is 212 g/mol. The number of hydrogen-bond acceptors (Lipinski definition) is 3. The molecule has 2 rings (SSSR count). The van der Waals surface area contributed by atoms with Gasteiger partial charge in [-0.3, -0.25) is 10.7 Å². The minimum atomic E-state index is 0.453. The average Bonchev–Trinajstić information content (AvgIpc) is 2.38. The van der Waals surface area contributed by atoms with Crippen molar-refractivity contribution < 1.29 is 5.21 Å². The Morgan fingerprint density at radius 2 is 1.81 bits per heavy atom. The van der Waals surface area contributed by atoms with Crippen LogP contribution in [-0.2, 0) is 0 Å². The molecule has 0 saturated heterocycles. The number of benzene rings is 1. The Kier molecular flexibility index (Phi) is 3.31. The van der Waals surface area contributed by atoms with Crippen LogP contribution in [0.4, 0.5) is 5.82 Å². The molecular weight excluding hydrogens is 200 g/mol. The molecule has 0 fully saturated rings. The van der Waals surface area contributed by atoms with E-state index in [4.69, 9.17) is 5.21 Å². The highest BCUT2D eigenvalue weighted by atomic mass is 16.5. The molecule has 16 heavy (non-hydrogen) atoms. The van der Waals surface area contributed by atoms with Gasteiger partial charge in [-0.25, -0.2) is 4.98 Å². The van der Waals surface area contributed by atoms with Gasteiger partial charge >= 0.3 is 0 Å². The number of rotatable bonds is 3. The third-order valence-corrected chi connectivity index (χ3v) is 2.20. The summed E-state index contributed by atoms with van der Waals surface area (Å²) in [5, 5.41) is 8.87. The first-order chi connectivity index (χ1) is 7.90. The van der Waals surface area contributed by atoms with E-state index < -0.39 is 0 Å². The third-order valence-electron chi connectivity index (χ3n) is 2.20. The molecular formula is C13H12N2O. The summed E-state index contributed by atoms with van der Waals surface area (Å²) in [6.45, 7) is 0. The fraction of sp³-hybridized carbons (Fsp3) is 0. The van der Waals surface area contributed by atoms with E-state index in [-0.39, 0.29) is 0 Å². The Balaban J connectivity index is 2.24. The second-order valence-corrected chi connectivity index (χ2v) is 3.30. The first-order valence-corrected chi connectivity index (χ1v) is 4.98. The molecule has 3 heteroatoms. The van der Waals surface area contributed by atoms with E-state index in [1.807, 2.05) is 54.6 Å². The molecule has 3 nitrogen and oxygen atoms in total. The topological polar surface area (TPSA) is 45.1 Å². The molecule has 0 spiro atoms. The van der Waals surface area contributed by atoms with Crippen molar-refractivity contribution >= 4 is 18.0 Å². The summed E-state index contributed by atoms with van der Waals surface area (Å²) in [6, 6.07) is 13.7. The van der Waals surface area contributed by atoms with Gasteiger partial charge in [0.05, 0.1) is 0 Å². The highest BCUT2D eigenvalue weighted by Crippen LogP contribution is 2.14. The van der Waals surface area contributed by atoms with Gasteiger partial charge < -0.3 is 0 Å². The molecule has 1 aromatic heterocycles. The summed E-state index contributed by atoms with van der Waals surface area (Å²) in [5.41, 5.74) is 4.02. The van der Waals surface area contributed by atoms with Crippen molar-refractivity contribution in [1.82, 2.24) is 4.98 Å². The number of nitrogens with one attached hydrogen (secondary N) is 1. The van der Waals surface area contributed by atoms with Crippen LogP contribution in [0.15, 0.2) is 48.7 Å². The number of aromatic nitrogens is 1. The molecule has 0 atom stereocenters. The molecule has 0 aliphatic carbocycles. The van der Waals surface area contributed by atoms with Gasteiger partial charge in [0.1, 0.15) is 0 Å². The van der Waals surface area contributed by atoms with Gasteiger partial charge in [0, 0.05) is 11.8 Å². The van der Waals surface area contributed by atoms with Crippen molar-refractivity contribution in [3.8, 4) is 0 Å². The van der Waals surface area contributed by atoms with Crippen LogP contribution >= 0.6 is 0 Å². The fourth-order valence-electron chi connectivity index (χ4n) is 1.40. The van der Waals surface area contributed by atoms with E-state index in [9.17, 15) is 0 Å². The van der Waals surface area contributed by atoms with Gasteiger partial charge in [-0.1, -0.05) is 42.5 Å². The quantitative estimate of drug-likeness (QED) is 0.768. The standard InChI is InChI=1S/C13H12N2O/c16-15-13-12(7-4-10-14-13)9-8-11-5-2-1-3-6-11/h1-10,16H,(H,14,15)/b9-8+. The van der Waals surface area contributed by atoms with Crippen LogP contribution in [0, 0.1) is 0 Å². The minimum absolute atomic E-state index is 0.453. The van der Waals surface area contributed by atoms with E-state index in [1.54, 1.807) is 6.20 Å². The summed E-state index contributed by atoms with van der Waals surface area (Å²) in [4.78, 5) is 4.00. The largest absolute Gasteiger partial charge is 0.290 e.